The first kappa shape index (κ1) is 37.5. The number of allylic oxidation sites excluding steroid dienone is 1. The number of carbonyl (C=O) groups is 1. The van der Waals surface area contributed by atoms with E-state index >= 15 is 0 Å². The normalized spacial score (nSPS) is 15.3. The lowest BCUT2D eigenvalue weighted by Crippen LogP contribution is -2.36. The highest BCUT2D eigenvalue weighted by Crippen LogP contribution is 2.32. The lowest BCUT2D eigenvalue weighted by Gasteiger charge is -2.29. The van der Waals surface area contributed by atoms with Crippen LogP contribution in [0.2, 0.25) is 12.6 Å². The molecule has 1 aliphatic heterocycles. The summed E-state index contributed by atoms with van der Waals surface area (Å²) in [5, 5.41) is 36.0. The van der Waals surface area contributed by atoms with E-state index in [1.807, 2.05) is 56.4 Å². The molecular formula is C37H45BFN9O2. The number of pyridine rings is 1. The molecule has 0 spiro atoms. The fraction of sp³-hybridized carbons (Fsp3) is 0.351. The number of nitrogens with one attached hydrogen (secondary N) is 3. The zero-order valence-electron chi connectivity index (χ0n) is 29.3. The Bertz CT molecular complexity index is 1960. The number of anilines is 3. The summed E-state index contributed by atoms with van der Waals surface area (Å²) in [5.41, 5.74) is 5.31. The second kappa shape index (κ2) is 17.9. The van der Waals surface area contributed by atoms with Crippen LogP contribution in [-0.2, 0) is 11.3 Å². The van der Waals surface area contributed by atoms with Crippen LogP contribution in [0, 0.1) is 17.1 Å². The Morgan fingerprint density at radius 3 is 2.66 bits per heavy atom. The highest BCUT2D eigenvalue weighted by Gasteiger charge is 2.31. The van der Waals surface area contributed by atoms with Crippen molar-refractivity contribution in [3.05, 3.63) is 84.5 Å². The Hall–Kier alpha value is -5.35. The van der Waals surface area contributed by atoms with Crippen molar-refractivity contribution in [1.29, 1.82) is 5.26 Å². The van der Waals surface area contributed by atoms with Gasteiger partial charge in [-0.1, -0.05) is 77.3 Å². The van der Waals surface area contributed by atoms with Crippen molar-refractivity contribution in [2.45, 2.75) is 72.2 Å². The number of carbonyl (C=O) groups excluding carboxylic acids is 1. The molecule has 0 bridgehead atoms. The molecule has 4 heterocycles. The molecule has 5 aromatic rings. The predicted octanol–water partition coefficient (Wildman–Crippen LogP) is 7.51. The molecule has 4 N–H and O–H groups in total. The van der Waals surface area contributed by atoms with Gasteiger partial charge in [0.1, 0.15) is 0 Å². The third-order valence-corrected chi connectivity index (χ3v) is 8.38. The van der Waals surface area contributed by atoms with Crippen molar-refractivity contribution in [2.24, 2.45) is 5.92 Å². The van der Waals surface area contributed by atoms with Gasteiger partial charge in [-0.3, -0.25) is 9.78 Å². The van der Waals surface area contributed by atoms with Crippen LogP contribution in [0.1, 0.15) is 58.1 Å². The van der Waals surface area contributed by atoms with E-state index in [0.29, 0.717) is 37.7 Å². The predicted molar refractivity (Wildman–Crippen MR) is 200 cm³/mol. The molecule has 2 aromatic carbocycles. The van der Waals surface area contributed by atoms with E-state index < -0.39 is 6.10 Å². The van der Waals surface area contributed by atoms with Gasteiger partial charge < -0.3 is 21.1 Å². The summed E-state index contributed by atoms with van der Waals surface area (Å²) in [6, 6.07) is 15.8. The Morgan fingerprint density at radius 2 is 1.96 bits per heavy atom. The maximum absolute atomic E-state index is 10.9. The largest absolute Gasteiger partial charge is 0.393 e. The molecule has 0 radical (unpaired) electrons. The van der Waals surface area contributed by atoms with E-state index in [9.17, 15) is 19.6 Å². The average Bonchev–Trinajstić information content (AvgIpc) is 3.55. The quantitative estimate of drug-likeness (QED) is 0.0869. The summed E-state index contributed by atoms with van der Waals surface area (Å²) >= 11 is 0. The zero-order valence-corrected chi connectivity index (χ0v) is 29.3. The monoisotopic (exact) mass is 677 g/mol. The SMILES string of the molecule is C=C(C)F.CC.CC(C)c1cnn2c(NCc3ccccc3-c3nccc4cc(NC=O)ccc34)nc(NCC3CCB(C#N)CC3O)nc12. The number of hydrogen-bond acceptors (Lipinski definition) is 9. The Balaban J connectivity index is 0.000000875. The number of hydrogen-bond donors (Lipinski definition) is 4. The first-order chi connectivity index (χ1) is 24.2. The van der Waals surface area contributed by atoms with Crippen molar-refractivity contribution >= 4 is 47.1 Å². The molecule has 3 aromatic heterocycles. The molecule has 0 saturated carbocycles. The minimum atomic E-state index is -0.532. The molecule has 1 saturated heterocycles. The number of aliphatic hydroxyl groups excluding tert-OH is 1. The molecule has 1 fully saturated rings. The summed E-state index contributed by atoms with van der Waals surface area (Å²) < 4.78 is 12.5. The lowest BCUT2D eigenvalue weighted by molar-refractivity contribution is -0.105. The van der Waals surface area contributed by atoms with Crippen molar-refractivity contribution in [3.8, 4) is 17.2 Å². The molecule has 13 heteroatoms. The topological polar surface area (TPSA) is 153 Å². The molecule has 11 nitrogen and oxygen atoms in total. The van der Waals surface area contributed by atoms with E-state index in [0.717, 1.165) is 57.2 Å². The Kier molecular flexibility index (Phi) is 13.4. The van der Waals surface area contributed by atoms with Gasteiger partial charge in [-0.2, -0.15) is 19.6 Å². The van der Waals surface area contributed by atoms with Crippen molar-refractivity contribution in [3.63, 3.8) is 0 Å². The third kappa shape index (κ3) is 9.21. The maximum atomic E-state index is 10.9. The molecule has 1 amide bonds. The van der Waals surface area contributed by atoms with Gasteiger partial charge >= 0.3 is 0 Å². The van der Waals surface area contributed by atoms with E-state index in [1.54, 1.807) is 10.7 Å². The maximum Gasteiger partial charge on any atom is 0.270 e. The van der Waals surface area contributed by atoms with Gasteiger partial charge in [-0.25, -0.2) is 9.65 Å². The highest BCUT2D eigenvalue weighted by molar-refractivity contribution is 6.67. The zero-order chi connectivity index (χ0) is 36.2. The van der Waals surface area contributed by atoms with Crippen LogP contribution < -0.4 is 16.0 Å². The van der Waals surface area contributed by atoms with E-state index in [-0.39, 0.29) is 24.4 Å². The van der Waals surface area contributed by atoms with Crippen molar-refractivity contribution in [1.82, 2.24) is 24.6 Å². The van der Waals surface area contributed by atoms with Gasteiger partial charge in [-0.15, -0.1) is 0 Å². The first-order valence-electron chi connectivity index (χ1n) is 17.0. The number of rotatable bonds is 10. The van der Waals surface area contributed by atoms with Crippen molar-refractivity contribution in [2.75, 3.05) is 22.5 Å². The van der Waals surface area contributed by atoms with Gasteiger partial charge in [0.15, 0.2) is 5.65 Å². The molecular weight excluding hydrogens is 632 g/mol. The fourth-order valence-electron chi connectivity index (χ4n) is 5.91. The second-order valence-electron chi connectivity index (χ2n) is 12.3. The van der Waals surface area contributed by atoms with Crippen LogP contribution in [0.4, 0.5) is 22.0 Å². The summed E-state index contributed by atoms with van der Waals surface area (Å²) in [6.07, 6.45) is 5.81. The summed E-state index contributed by atoms with van der Waals surface area (Å²) in [7, 11) is 0. The molecule has 0 aliphatic carbocycles. The van der Waals surface area contributed by atoms with E-state index in [4.69, 9.17) is 15.0 Å². The average molecular weight is 678 g/mol. The Labute approximate surface area is 293 Å². The number of benzene rings is 2. The first-order valence-corrected chi connectivity index (χ1v) is 17.0. The number of fused-ring (bicyclic) bond motifs is 2. The molecule has 2 unspecified atom stereocenters. The number of amides is 1. The van der Waals surface area contributed by atoms with Crippen LogP contribution in [0.25, 0.3) is 27.7 Å². The second-order valence-corrected chi connectivity index (χ2v) is 12.3. The standard InChI is InChI=1S/C32H34BN9O2.C3H5F.C2H6/c1-20(2)27-17-39-42-30(27)40-31(36-16-23-9-11-33(18-34)14-28(23)44)41-32(42)37-15-22-5-3-4-6-25(22)29-26-8-7-24(38-19-43)13-21(26)10-12-35-29;1-3(2)4;1-2/h3-8,10,12-13,17,19-20,23,28,44H,9,11,14-16H2,1-2H3,(H,38,43)(H2,36,37,40,41);1H2,2H3;1-2H3. The fourth-order valence-corrected chi connectivity index (χ4v) is 5.91. The van der Waals surface area contributed by atoms with Gasteiger partial charge in [0.25, 0.3) is 6.71 Å². The summed E-state index contributed by atoms with van der Waals surface area (Å²) in [6.45, 7) is 13.3. The van der Waals surface area contributed by atoms with Gasteiger partial charge in [0.2, 0.25) is 18.3 Å². The minimum Gasteiger partial charge on any atom is -0.393 e. The smallest absolute Gasteiger partial charge is 0.270 e. The summed E-state index contributed by atoms with van der Waals surface area (Å²) in [4.78, 5) is 25.3. The minimum absolute atomic E-state index is 0.0238. The van der Waals surface area contributed by atoms with Crippen LogP contribution in [-0.4, -0.2) is 55.4 Å². The number of aliphatic hydroxyl groups is 1. The number of nitriles is 1. The third-order valence-electron chi connectivity index (χ3n) is 8.38. The van der Waals surface area contributed by atoms with Crippen LogP contribution in [0.5, 0.6) is 0 Å². The van der Waals surface area contributed by atoms with Gasteiger partial charge in [0, 0.05) is 53.4 Å². The molecule has 260 valence electrons. The molecule has 1 aliphatic rings. The summed E-state index contributed by atoms with van der Waals surface area (Å²) in [5.74, 6) is 3.20. The molecule has 2 atom stereocenters. The van der Waals surface area contributed by atoms with Gasteiger partial charge in [-0.05, 0) is 48.3 Å². The van der Waals surface area contributed by atoms with E-state index in [1.165, 1.54) is 6.92 Å². The molecule has 6 rings (SSSR count). The Morgan fingerprint density at radius 1 is 1.20 bits per heavy atom. The lowest BCUT2D eigenvalue weighted by atomic mass is 9.41. The number of aromatic nitrogens is 5. The van der Waals surface area contributed by atoms with Crippen LogP contribution >= 0.6 is 0 Å². The molecule has 50 heavy (non-hydrogen) atoms. The van der Waals surface area contributed by atoms with Crippen LogP contribution in [0.15, 0.2) is 73.3 Å². The number of halogens is 1. The van der Waals surface area contributed by atoms with Gasteiger partial charge in [0.05, 0.1) is 23.8 Å². The highest BCUT2D eigenvalue weighted by atomic mass is 19.1. The van der Waals surface area contributed by atoms with E-state index in [2.05, 4.69) is 59.6 Å². The number of nitrogens with zero attached hydrogens (tertiary/aromatic N) is 6. The van der Waals surface area contributed by atoms with Crippen LogP contribution in [0.3, 0.4) is 0 Å². The van der Waals surface area contributed by atoms with Crippen molar-refractivity contribution < 1.29 is 14.3 Å².